The molecular formula is C42H40P2+2. The summed E-state index contributed by atoms with van der Waals surface area (Å²) in [7, 11) is -3.76. The molecule has 0 saturated heterocycles. The van der Waals surface area contributed by atoms with Gasteiger partial charge in [-0.15, -0.1) is 0 Å². The summed E-state index contributed by atoms with van der Waals surface area (Å²) in [5.74, 6) is 1.33. The highest BCUT2D eigenvalue weighted by molar-refractivity contribution is 7.96. The second kappa shape index (κ2) is 13.0. The highest BCUT2D eigenvalue weighted by Crippen LogP contribution is 2.64. The van der Waals surface area contributed by atoms with Crippen molar-refractivity contribution in [3.05, 3.63) is 182 Å². The van der Waals surface area contributed by atoms with Gasteiger partial charge in [0.1, 0.15) is 46.4 Å². The molecule has 1 aliphatic carbocycles. The molecule has 0 bridgehead atoms. The molecule has 0 spiro atoms. The summed E-state index contributed by atoms with van der Waals surface area (Å²) < 4.78 is 0. The summed E-state index contributed by atoms with van der Waals surface area (Å²) in [4.78, 5) is 0. The van der Waals surface area contributed by atoms with Crippen LogP contribution in [0.5, 0.6) is 0 Å². The van der Waals surface area contributed by atoms with Crippen LogP contribution in [0.2, 0.25) is 0 Å². The van der Waals surface area contributed by atoms with Gasteiger partial charge < -0.3 is 0 Å². The molecule has 1 fully saturated rings. The Morgan fingerprint density at radius 3 is 0.636 bits per heavy atom. The highest BCUT2D eigenvalue weighted by atomic mass is 31.2. The van der Waals surface area contributed by atoms with Crippen molar-refractivity contribution in [1.82, 2.24) is 0 Å². The molecule has 2 unspecified atom stereocenters. The van der Waals surface area contributed by atoms with E-state index in [1.54, 1.807) is 0 Å². The summed E-state index contributed by atoms with van der Waals surface area (Å²) in [5, 5.41) is 8.99. The van der Waals surface area contributed by atoms with Crippen molar-refractivity contribution in [2.75, 3.05) is 12.3 Å². The maximum atomic E-state index is 2.40. The second-order valence-electron chi connectivity index (χ2n) is 12.1. The van der Waals surface area contributed by atoms with E-state index in [2.05, 4.69) is 182 Å². The van der Waals surface area contributed by atoms with Crippen LogP contribution in [0.4, 0.5) is 0 Å². The molecular weight excluding hydrogens is 566 g/mol. The molecule has 0 aromatic heterocycles. The maximum Gasteiger partial charge on any atom is 0.112 e. The Hall–Kier alpha value is -3.82. The second-order valence-corrected chi connectivity index (χ2v) is 19.2. The van der Waals surface area contributed by atoms with Crippen molar-refractivity contribution in [3.8, 4) is 0 Å². The van der Waals surface area contributed by atoms with Crippen LogP contribution in [0.15, 0.2) is 182 Å². The molecule has 216 valence electrons. The fourth-order valence-corrected chi connectivity index (χ4v) is 17.0. The number of hydrogen-bond donors (Lipinski definition) is 0. The summed E-state index contributed by atoms with van der Waals surface area (Å²) in [6.07, 6.45) is 5.04. The Labute approximate surface area is 264 Å². The molecule has 1 aliphatic rings. The average Bonchev–Trinajstić information content (AvgIpc) is 3.11. The van der Waals surface area contributed by atoms with E-state index in [1.807, 2.05) is 0 Å². The first kappa shape index (κ1) is 28.9. The van der Waals surface area contributed by atoms with E-state index in [9.17, 15) is 0 Å². The van der Waals surface area contributed by atoms with E-state index >= 15 is 0 Å². The third-order valence-corrected chi connectivity index (χ3v) is 18.9. The first-order valence-electron chi connectivity index (χ1n) is 15.9. The van der Waals surface area contributed by atoms with Crippen LogP contribution >= 0.6 is 14.5 Å². The number of benzene rings is 6. The zero-order chi connectivity index (χ0) is 29.7. The van der Waals surface area contributed by atoms with Gasteiger partial charge in [-0.25, -0.2) is 0 Å². The first-order chi connectivity index (χ1) is 21.8. The lowest BCUT2D eigenvalue weighted by molar-refractivity contribution is 0.227. The predicted octanol–water partition coefficient (Wildman–Crippen LogP) is 8.00. The van der Waals surface area contributed by atoms with Crippen molar-refractivity contribution >= 4 is 46.4 Å². The van der Waals surface area contributed by atoms with Gasteiger partial charge in [0.25, 0.3) is 0 Å². The topological polar surface area (TPSA) is 0 Å². The Bertz CT molecular complexity index is 1410. The van der Waals surface area contributed by atoms with Crippen LogP contribution in [0, 0.1) is 11.8 Å². The third-order valence-electron chi connectivity index (χ3n) is 9.77. The van der Waals surface area contributed by atoms with Gasteiger partial charge in [-0.2, -0.15) is 0 Å². The molecule has 6 aromatic carbocycles. The third kappa shape index (κ3) is 5.37. The fourth-order valence-electron chi connectivity index (χ4n) is 7.44. The number of rotatable bonds is 10. The summed E-state index contributed by atoms with van der Waals surface area (Å²) in [5.41, 5.74) is 0. The van der Waals surface area contributed by atoms with E-state index in [1.165, 1.54) is 57.0 Å². The van der Waals surface area contributed by atoms with Crippen molar-refractivity contribution < 1.29 is 0 Å². The monoisotopic (exact) mass is 606 g/mol. The Morgan fingerprint density at radius 1 is 0.295 bits per heavy atom. The van der Waals surface area contributed by atoms with Gasteiger partial charge >= 0.3 is 0 Å². The van der Waals surface area contributed by atoms with Crippen LogP contribution < -0.4 is 31.8 Å². The van der Waals surface area contributed by atoms with Gasteiger partial charge in [0, 0.05) is 11.8 Å². The lowest BCUT2D eigenvalue weighted by Gasteiger charge is -2.42. The lowest BCUT2D eigenvalue weighted by Crippen LogP contribution is -2.44. The molecule has 0 N–H and O–H groups in total. The van der Waals surface area contributed by atoms with Crippen molar-refractivity contribution in [2.45, 2.75) is 12.8 Å². The van der Waals surface area contributed by atoms with Gasteiger partial charge in [-0.3, -0.25) is 0 Å². The Kier molecular flexibility index (Phi) is 8.57. The lowest BCUT2D eigenvalue weighted by atomic mass is 9.76. The standard InChI is InChI=1S/C42H40P2/c1-7-19-37(20-8-1)43(38-21-9-2-10-22-38,39-23-11-3-12-24-39)33-35-31-32-36(35)34-44(40-25-13-4-14-26-40,41-27-15-5-16-28-41)42-29-17-6-18-30-42/h1-30,35-36H,31-34H2/q+2. The smallest absolute Gasteiger partial charge is 0.0620 e. The Morgan fingerprint density at radius 2 is 0.477 bits per heavy atom. The molecule has 2 heteroatoms. The molecule has 7 rings (SSSR count). The molecule has 0 nitrogen and oxygen atoms in total. The van der Waals surface area contributed by atoms with E-state index in [0.717, 1.165) is 0 Å². The molecule has 1 saturated carbocycles. The Balaban J connectivity index is 1.35. The van der Waals surface area contributed by atoms with Crippen LogP contribution in [0.1, 0.15) is 12.8 Å². The normalized spacial score (nSPS) is 16.6. The number of hydrogen-bond acceptors (Lipinski definition) is 0. The maximum absolute atomic E-state index is 2.40. The van der Waals surface area contributed by atoms with Crippen molar-refractivity contribution in [2.24, 2.45) is 11.8 Å². The van der Waals surface area contributed by atoms with Crippen molar-refractivity contribution in [1.29, 1.82) is 0 Å². The van der Waals surface area contributed by atoms with Gasteiger partial charge in [0.05, 0.1) is 12.3 Å². The van der Waals surface area contributed by atoms with Crippen LogP contribution in [-0.2, 0) is 0 Å². The minimum Gasteiger partial charge on any atom is -0.0620 e. The van der Waals surface area contributed by atoms with Gasteiger partial charge in [0.2, 0.25) is 0 Å². The average molecular weight is 607 g/mol. The zero-order valence-corrected chi connectivity index (χ0v) is 27.0. The molecule has 0 heterocycles. The quantitative estimate of drug-likeness (QED) is 0.139. The van der Waals surface area contributed by atoms with Gasteiger partial charge in [-0.05, 0) is 85.6 Å². The van der Waals surface area contributed by atoms with Crippen LogP contribution in [0.25, 0.3) is 0 Å². The molecule has 6 aromatic rings. The molecule has 0 aliphatic heterocycles. The van der Waals surface area contributed by atoms with Gasteiger partial charge in [-0.1, -0.05) is 109 Å². The highest BCUT2D eigenvalue weighted by Gasteiger charge is 2.54. The van der Waals surface area contributed by atoms with E-state index in [-0.39, 0.29) is 0 Å². The summed E-state index contributed by atoms with van der Waals surface area (Å²) in [6, 6.07) is 68.7. The summed E-state index contributed by atoms with van der Waals surface area (Å²) in [6.45, 7) is 0. The minimum absolute atomic E-state index is 0.666. The largest absolute Gasteiger partial charge is 0.112 e. The van der Waals surface area contributed by atoms with Gasteiger partial charge in [0.15, 0.2) is 0 Å². The van der Waals surface area contributed by atoms with E-state index in [0.29, 0.717) is 11.8 Å². The predicted molar refractivity (Wildman–Crippen MR) is 196 cm³/mol. The molecule has 2 atom stereocenters. The van der Waals surface area contributed by atoms with Crippen LogP contribution in [-0.4, -0.2) is 12.3 Å². The minimum atomic E-state index is -1.88. The SMILES string of the molecule is c1ccc([P+](CC2CCC2C[P+](c2ccccc2)(c2ccccc2)c2ccccc2)(c2ccccc2)c2ccccc2)cc1. The van der Waals surface area contributed by atoms with Crippen LogP contribution in [0.3, 0.4) is 0 Å². The zero-order valence-electron chi connectivity index (χ0n) is 25.2. The van der Waals surface area contributed by atoms with E-state index < -0.39 is 14.5 Å². The molecule has 44 heavy (non-hydrogen) atoms. The first-order valence-corrected chi connectivity index (χ1v) is 19.9. The fraction of sp³-hybridized carbons (Fsp3) is 0.143. The van der Waals surface area contributed by atoms with E-state index in [4.69, 9.17) is 0 Å². The summed E-state index contributed by atoms with van der Waals surface area (Å²) >= 11 is 0. The molecule has 0 radical (unpaired) electrons. The van der Waals surface area contributed by atoms with Crippen molar-refractivity contribution in [3.63, 3.8) is 0 Å². The molecule has 0 amide bonds.